The van der Waals surface area contributed by atoms with Crippen molar-refractivity contribution >= 4 is 0 Å². The summed E-state index contributed by atoms with van der Waals surface area (Å²) in [5.41, 5.74) is -0.472. The molecule has 0 aliphatic heterocycles. The minimum Gasteiger partial charge on any atom is -0.198 e. The third-order valence-electron chi connectivity index (χ3n) is 1.08. The minimum atomic E-state index is -0.472. The van der Waals surface area contributed by atoms with Gasteiger partial charge in [-0.3, -0.25) is 0 Å². The van der Waals surface area contributed by atoms with Gasteiger partial charge in [-0.15, -0.1) is 0 Å². The van der Waals surface area contributed by atoms with Gasteiger partial charge in [-0.2, -0.15) is 4.89 Å². The Balaban J connectivity index is 3.36. The molecule has 0 saturated heterocycles. The van der Waals surface area contributed by atoms with Crippen molar-refractivity contribution in [2.24, 2.45) is 0 Å². The van der Waals surface area contributed by atoms with Crippen LogP contribution < -0.4 is 0 Å². The van der Waals surface area contributed by atoms with Gasteiger partial charge in [0.05, 0.1) is 0 Å². The monoisotopic (exact) mass is 103 g/mol. The minimum absolute atomic E-state index is 0.472. The van der Waals surface area contributed by atoms with E-state index in [-0.39, 0.29) is 0 Å². The lowest BCUT2D eigenvalue weighted by atomic mass is 10.1. The first kappa shape index (κ1) is 6.92. The normalized spacial score (nSPS) is 12.0. The van der Waals surface area contributed by atoms with Crippen molar-refractivity contribution in [3.05, 3.63) is 0 Å². The molecule has 0 heterocycles. The van der Waals surface area contributed by atoms with Crippen molar-refractivity contribution in [2.45, 2.75) is 32.8 Å². The van der Waals surface area contributed by atoms with Crippen molar-refractivity contribution in [3.63, 3.8) is 0 Å². The van der Waals surface area contributed by atoms with Crippen molar-refractivity contribution in [1.82, 2.24) is 0 Å². The van der Waals surface area contributed by atoms with Crippen LogP contribution in [-0.2, 0) is 10.1 Å². The molecule has 7 heavy (non-hydrogen) atoms. The molecule has 0 saturated carbocycles. The van der Waals surface area contributed by atoms with E-state index in [0.29, 0.717) is 0 Å². The Hall–Kier alpha value is -0.0800. The van der Waals surface area contributed by atoms with E-state index in [4.69, 9.17) is 0 Å². The van der Waals surface area contributed by atoms with Gasteiger partial charge in [0.2, 0.25) is 0 Å². The van der Waals surface area contributed by atoms with E-state index in [0.717, 1.165) is 6.42 Å². The number of hydrogen-bond donors (Lipinski definition) is 0. The maximum absolute atomic E-state index is 9.68. The van der Waals surface area contributed by atoms with Gasteiger partial charge in [0.25, 0.3) is 0 Å². The standard InChI is InChI=1S/C5H11O2/c1-4-5(2,3)7-6/h4H2,1-3H3. The molecule has 0 unspecified atom stereocenters. The van der Waals surface area contributed by atoms with Crippen molar-refractivity contribution < 1.29 is 10.1 Å². The molecular formula is C5H11O2. The van der Waals surface area contributed by atoms with E-state index >= 15 is 0 Å². The van der Waals surface area contributed by atoms with Gasteiger partial charge >= 0.3 is 0 Å². The fourth-order valence-corrected chi connectivity index (χ4v) is 0.0589. The second kappa shape index (κ2) is 2.28. The molecule has 0 bridgehead atoms. The molecule has 2 nitrogen and oxygen atoms in total. The Morgan fingerprint density at radius 3 is 2.00 bits per heavy atom. The summed E-state index contributed by atoms with van der Waals surface area (Å²) in [6.45, 7) is 5.44. The number of hydrogen-bond acceptors (Lipinski definition) is 1. The van der Waals surface area contributed by atoms with Crippen LogP contribution in [-0.4, -0.2) is 5.60 Å². The van der Waals surface area contributed by atoms with Crippen molar-refractivity contribution in [2.75, 3.05) is 0 Å². The highest BCUT2D eigenvalue weighted by atomic mass is 17.1. The van der Waals surface area contributed by atoms with E-state index in [1.807, 2.05) is 6.92 Å². The Bertz CT molecular complexity index is 44.0. The fraction of sp³-hybridized carbons (Fsp3) is 1.00. The van der Waals surface area contributed by atoms with Crippen LogP contribution in [0.5, 0.6) is 0 Å². The van der Waals surface area contributed by atoms with E-state index in [1.54, 1.807) is 13.8 Å². The molecule has 0 aliphatic carbocycles. The Kier molecular flexibility index (Phi) is 2.26. The molecule has 0 aromatic carbocycles. The van der Waals surface area contributed by atoms with Crippen LogP contribution in [0.3, 0.4) is 0 Å². The molecule has 0 rings (SSSR count). The second-order valence-electron chi connectivity index (χ2n) is 2.20. The van der Waals surface area contributed by atoms with Gasteiger partial charge in [-0.25, -0.2) is 0 Å². The lowest BCUT2D eigenvalue weighted by molar-refractivity contribution is -0.365. The Morgan fingerprint density at radius 2 is 2.00 bits per heavy atom. The van der Waals surface area contributed by atoms with Gasteiger partial charge in [0.1, 0.15) is 5.60 Å². The highest BCUT2D eigenvalue weighted by molar-refractivity contribution is 4.61. The fourth-order valence-electron chi connectivity index (χ4n) is 0.0589. The van der Waals surface area contributed by atoms with E-state index in [9.17, 15) is 5.26 Å². The van der Waals surface area contributed by atoms with Crippen LogP contribution in [0.4, 0.5) is 0 Å². The molecule has 0 aromatic heterocycles. The topological polar surface area (TPSA) is 29.1 Å². The van der Waals surface area contributed by atoms with Gasteiger partial charge < -0.3 is 0 Å². The first-order valence-electron chi connectivity index (χ1n) is 2.43. The maximum Gasteiger partial charge on any atom is 0.101 e. The van der Waals surface area contributed by atoms with Gasteiger partial charge in [0.15, 0.2) is 0 Å². The molecule has 43 valence electrons. The van der Waals surface area contributed by atoms with E-state index < -0.39 is 5.60 Å². The molecule has 0 amide bonds. The lowest BCUT2D eigenvalue weighted by Gasteiger charge is -2.14. The van der Waals surface area contributed by atoms with Gasteiger partial charge in [0, 0.05) is 0 Å². The second-order valence-corrected chi connectivity index (χ2v) is 2.20. The molecule has 0 aliphatic rings. The van der Waals surface area contributed by atoms with E-state index in [2.05, 4.69) is 4.89 Å². The zero-order chi connectivity index (χ0) is 5.91. The summed E-state index contributed by atoms with van der Waals surface area (Å²) >= 11 is 0. The summed E-state index contributed by atoms with van der Waals surface area (Å²) in [5, 5.41) is 9.68. The average Bonchev–Trinajstić information content (AvgIpc) is 1.68. The van der Waals surface area contributed by atoms with Crippen LogP contribution in [0.15, 0.2) is 0 Å². The summed E-state index contributed by atoms with van der Waals surface area (Å²) in [5.74, 6) is 0. The predicted octanol–water partition coefficient (Wildman–Crippen LogP) is 1.54. The zero-order valence-corrected chi connectivity index (χ0v) is 5.02. The maximum atomic E-state index is 9.68. The predicted molar refractivity (Wildman–Crippen MR) is 26.1 cm³/mol. The van der Waals surface area contributed by atoms with Crippen LogP contribution in [0.25, 0.3) is 0 Å². The Morgan fingerprint density at radius 1 is 1.57 bits per heavy atom. The molecule has 0 aromatic rings. The summed E-state index contributed by atoms with van der Waals surface area (Å²) < 4.78 is 0. The third kappa shape index (κ3) is 2.60. The average molecular weight is 103 g/mol. The summed E-state index contributed by atoms with van der Waals surface area (Å²) in [4.78, 5) is 3.84. The lowest BCUT2D eigenvalue weighted by Crippen LogP contribution is -2.19. The van der Waals surface area contributed by atoms with E-state index in [1.165, 1.54) is 0 Å². The molecule has 0 atom stereocenters. The summed E-state index contributed by atoms with van der Waals surface area (Å²) in [7, 11) is 0. The quantitative estimate of drug-likeness (QED) is 0.385. The first-order valence-corrected chi connectivity index (χ1v) is 2.43. The smallest absolute Gasteiger partial charge is 0.101 e. The zero-order valence-electron chi connectivity index (χ0n) is 5.02. The number of rotatable bonds is 2. The van der Waals surface area contributed by atoms with Crippen LogP contribution in [0, 0.1) is 0 Å². The van der Waals surface area contributed by atoms with Gasteiger partial charge in [-0.05, 0) is 25.5 Å². The molecule has 1 radical (unpaired) electrons. The van der Waals surface area contributed by atoms with Crippen molar-refractivity contribution in [1.29, 1.82) is 0 Å². The Labute approximate surface area is 44.0 Å². The first-order chi connectivity index (χ1) is 3.12. The van der Waals surface area contributed by atoms with Crippen molar-refractivity contribution in [3.8, 4) is 0 Å². The van der Waals surface area contributed by atoms with Crippen LogP contribution in [0.1, 0.15) is 27.2 Å². The SMILES string of the molecule is CCC(C)(C)O[O]. The van der Waals surface area contributed by atoms with Crippen LogP contribution in [0.2, 0.25) is 0 Å². The molecule has 0 fully saturated rings. The molecule has 0 N–H and O–H groups in total. The molecule has 2 heteroatoms. The molecule has 0 spiro atoms. The summed E-state index contributed by atoms with van der Waals surface area (Å²) in [6, 6.07) is 0. The summed E-state index contributed by atoms with van der Waals surface area (Å²) in [6.07, 6.45) is 0.760. The highest BCUT2D eigenvalue weighted by Gasteiger charge is 2.14. The van der Waals surface area contributed by atoms with Gasteiger partial charge in [-0.1, -0.05) is 6.92 Å². The highest BCUT2D eigenvalue weighted by Crippen LogP contribution is 2.10. The largest absolute Gasteiger partial charge is 0.198 e. The molecular weight excluding hydrogens is 92.1 g/mol. The van der Waals surface area contributed by atoms with Crippen LogP contribution >= 0.6 is 0 Å². The third-order valence-corrected chi connectivity index (χ3v) is 1.08.